The molecule has 2 saturated heterocycles. The number of nitrogens with zero attached hydrogens (tertiary/aromatic N) is 1. The summed E-state index contributed by atoms with van der Waals surface area (Å²) in [5.74, 6) is -2.35. The van der Waals surface area contributed by atoms with E-state index in [0.717, 1.165) is 37.3 Å². The van der Waals surface area contributed by atoms with Crippen LogP contribution >= 0.6 is 0 Å². The molecule has 0 unspecified atom stereocenters. The third-order valence-corrected chi connectivity index (χ3v) is 7.85. The van der Waals surface area contributed by atoms with Crippen LogP contribution < -0.4 is 10.6 Å². The van der Waals surface area contributed by atoms with Crippen molar-refractivity contribution in [1.29, 1.82) is 0 Å². The molecule has 3 N–H and O–H groups in total. The molecule has 2 aromatic carbocycles. The maximum atomic E-state index is 13.9. The molecular formula is C31H41F2N3O4. The predicted molar refractivity (Wildman–Crippen MR) is 148 cm³/mol. The first-order valence-corrected chi connectivity index (χ1v) is 14.4. The highest BCUT2D eigenvalue weighted by atomic mass is 19.1. The predicted octanol–water partition coefficient (Wildman–Crippen LogP) is 3.73. The third kappa shape index (κ3) is 8.56. The molecule has 2 fully saturated rings. The summed E-state index contributed by atoms with van der Waals surface area (Å²) in [4.78, 5) is 27.6. The molecule has 0 radical (unpaired) electrons. The maximum Gasteiger partial charge on any atom is 0.225 e. The Morgan fingerprint density at radius 3 is 2.60 bits per heavy atom. The summed E-state index contributed by atoms with van der Waals surface area (Å²) in [5, 5.41) is 17.6. The summed E-state index contributed by atoms with van der Waals surface area (Å²) < 4.78 is 33.9. The van der Waals surface area contributed by atoms with Crippen LogP contribution in [-0.2, 0) is 27.4 Å². The Morgan fingerprint density at radius 2 is 1.88 bits per heavy atom. The number of rotatable bonds is 14. The average molecular weight is 558 g/mol. The van der Waals surface area contributed by atoms with Gasteiger partial charge in [-0.3, -0.25) is 9.59 Å². The van der Waals surface area contributed by atoms with E-state index < -0.39 is 29.7 Å². The van der Waals surface area contributed by atoms with Crippen LogP contribution in [0.5, 0.6) is 0 Å². The second-order valence-corrected chi connectivity index (χ2v) is 11.1. The van der Waals surface area contributed by atoms with Crippen molar-refractivity contribution in [2.75, 3.05) is 19.6 Å². The highest BCUT2D eigenvalue weighted by molar-refractivity contribution is 5.89. The summed E-state index contributed by atoms with van der Waals surface area (Å²) in [6.07, 6.45) is 3.67. The Morgan fingerprint density at radius 1 is 1.12 bits per heavy atom. The van der Waals surface area contributed by atoms with Gasteiger partial charge in [-0.25, -0.2) is 8.78 Å². The van der Waals surface area contributed by atoms with Crippen molar-refractivity contribution in [3.8, 4) is 0 Å². The van der Waals surface area contributed by atoms with Gasteiger partial charge in [0, 0.05) is 38.2 Å². The zero-order valence-electron chi connectivity index (χ0n) is 23.2. The van der Waals surface area contributed by atoms with Crippen LogP contribution in [0.4, 0.5) is 8.78 Å². The van der Waals surface area contributed by atoms with Gasteiger partial charge in [-0.2, -0.15) is 0 Å². The second kappa shape index (κ2) is 14.7. The van der Waals surface area contributed by atoms with Crippen molar-refractivity contribution in [3.63, 3.8) is 0 Å². The van der Waals surface area contributed by atoms with Gasteiger partial charge in [-0.05, 0) is 42.5 Å². The van der Waals surface area contributed by atoms with E-state index in [2.05, 4.69) is 17.6 Å². The van der Waals surface area contributed by atoms with E-state index in [-0.39, 0.29) is 36.8 Å². The molecule has 0 spiro atoms. The van der Waals surface area contributed by atoms with Crippen LogP contribution in [-0.4, -0.2) is 65.7 Å². The molecule has 2 aromatic rings. The van der Waals surface area contributed by atoms with Crippen molar-refractivity contribution >= 4 is 11.8 Å². The first-order chi connectivity index (χ1) is 19.3. The normalized spacial score (nSPS) is 22.4. The summed E-state index contributed by atoms with van der Waals surface area (Å²) >= 11 is 0. The van der Waals surface area contributed by atoms with Crippen molar-refractivity contribution in [3.05, 3.63) is 71.3 Å². The van der Waals surface area contributed by atoms with Gasteiger partial charge < -0.3 is 25.4 Å². The molecule has 0 aromatic heterocycles. The van der Waals surface area contributed by atoms with E-state index >= 15 is 0 Å². The minimum Gasteiger partial charge on any atom is -0.389 e. The number of ether oxygens (including phenoxy) is 1. The molecule has 2 aliphatic heterocycles. The number of unbranched alkanes of at least 4 members (excludes halogenated alkanes) is 3. The van der Waals surface area contributed by atoms with Crippen LogP contribution in [0.1, 0.15) is 56.6 Å². The molecule has 9 heteroatoms. The number of likely N-dealkylation sites (tertiary alicyclic amines) is 1. The minimum absolute atomic E-state index is 0.0384. The van der Waals surface area contributed by atoms with Gasteiger partial charge in [-0.15, -0.1) is 0 Å². The zero-order valence-corrected chi connectivity index (χ0v) is 23.2. The number of nitrogens with one attached hydrogen (secondary N) is 2. The third-order valence-electron chi connectivity index (χ3n) is 7.85. The number of carbonyl (C=O) groups excluding carboxylic acids is 2. The summed E-state index contributed by atoms with van der Waals surface area (Å²) in [6, 6.07) is 11.8. The lowest BCUT2D eigenvalue weighted by Gasteiger charge is -2.29. The molecule has 0 aliphatic carbocycles. The molecule has 4 rings (SSSR count). The van der Waals surface area contributed by atoms with Gasteiger partial charge in [0.05, 0.1) is 30.8 Å². The Hall–Kier alpha value is -2.88. The highest BCUT2D eigenvalue weighted by Crippen LogP contribution is 2.23. The van der Waals surface area contributed by atoms with E-state index in [4.69, 9.17) is 4.74 Å². The van der Waals surface area contributed by atoms with E-state index in [0.29, 0.717) is 38.2 Å². The number of hydrogen-bond acceptors (Lipinski definition) is 5. The number of aliphatic hydroxyl groups excluding tert-OH is 1. The first-order valence-electron chi connectivity index (χ1n) is 14.4. The number of halogens is 2. The molecule has 2 aliphatic rings. The van der Waals surface area contributed by atoms with Crippen LogP contribution in [0.2, 0.25) is 0 Å². The second-order valence-electron chi connectivity index (χ2n) is 11.1. The summed E-state index contributed by atoms with van der Waals surface area (Å²) in [5.41, 5.74) is 1.38. The van der Waals surface area contributed by atoms with Crippen molar-refractivity contribution in [2.24, 2.45) is 5.92 Å². The zero-order chi connectivity index (χ0) is 28.5. The van der Waals surface area contributed by atoms with E-state index in [1.807, 2.05) is 30.3 Å². The SMILES string of the molecule is CCCCCCN1C[C@@H](C(=O)N[C@@H](Cc2cc(F)cc(F)c2)[C@H](O)[C@H]2C[C@@H](OCc3ccccc3)CN2)CC1=O. The molecule has 5 atom stereocenters. The topological polar surface area (TPSA) is 90.9 Å². The van der Waals surface area contributed by atoms with Gasteiger partial charge in [0.25, 0.3) is 0 Å². The Labute approximate surface area is 235 Å². The molecule has 2 amide bonds. The maximum absolute atomic E-state index is 13.9. The van der Waals surface area contributed by atoms with Crippen LogP contribution in [0.3, 0.4) is 0 Å². The van der Waals surface area contributed by atoms with Gasteiger partial charge in [0.15, 0.2) is 0 Å². The first kappa shape index (κ1) is 30.1. The standard InChI is InChI=1S/C31H41F2N3O4/c1-2-3-4-8-11-36-19-23(15-29(36)37)31(39)35-28(14-22-12-24(32)16-25(33)13-22)30(38)27-17-26(18-34-27)40-20-21-9-6-5-7-10-21/h5-7,9-10,12-13,16,23,26-28,30,34,38H,2-4,8,11,14-15,17-20H2,1H3,(H,35,39)/t23-,26+,27+,28-,30+/m0/s1. The quantitative estimate of drug-likeness (QED) is 0.308. The number of benzene rings is 2. The lowest BCUT2D eigenvalue weighted by molar-refractivity contribution is -0.129. The largest absolute Gasteiger partial charge is 0.389 e. The smallest absolute Gasteiger partial charge is 0.225 e. The molecular weight excluding hydrogens is 516 g/mol. The lowest BCUT2D eigenvalue weighted by Crippen LogP contribution is -2.53. The Balaban J connectivity index is 1.39. The van der Waals surface area contributed by atoms with E-state index in [1.165, 1.54) is 12.1 Å². The molecule has 218 valence electrons. The van der Waals surface area contributed by atoms with Gasteiger partial charge in [0.1, 0.15) is 11.6 Å². The molecule has 7 nitrogen and oxygen atoms in total. The average Bonchev–Trinajstić information content (AvgIpc) is 3.56. The monoisotopic (exact) mass is 557 g/mol. The van der Waals surface area contributed by atoms with Crippen LogP contribution in [0.25, 0.3) is 0 Å². The Bertz CT molecular complexity index is 1100. The van der Waals surface area contributed by atoms with Gasteiger partial charge >= 0.3 is 0 Å². The van der Waals surface area contributed by atoms with Crippen molar-refractivity contribution in [2.45, 2.75) is 82.8 Å². The summed E-state index contributed by atoms with van der Waals surface area (Å²) in [6.45, 7) is 4.08. The summed E-state index contributed by atoms with van der Waals surface area (Å²) in [7, 11) is 0. The molecule has 0 bridgehead atoms. The van der Waals surface area contributed by atoms with Gasteiger partial charge in [0.2, 0.25) is 11.8 Å². The van der Waals surface area contributed by atoms with Crippen molar-refractivity contribution in [1.82, 2.24) is 15.5 Å². The molecule has 2 heterocycles. The number of amides is 2. The van der Waals surface area contributed by atoms with Crippen LogP contribution in [0.15, 0.2) is 48.5 Å². The lowest BCUT2D eigenvalue weighted by atomic mass is 9.94. The van der Waals surface area contributed by atoms with E-state index in [9.17, 15) is 23.5 Å². The molecule has 40 heavy (non-hydrogen) atoms. The number of aliphatic hydroxyl groups is 1. The van der Waals surface area contributed by atoms with Crippen LogP contribution in [0, 0.1) is 17.6 Å². The van der Waals surface area contributed by atoms with Gasteiger partial charge in [-0.1, -0.05) is 56.5 Å². The van der Waals surface area contributed by atoms with Crippen molar-refractivity contribution < 1.29 is 28.2 Å². The fourth-order valence-electron chi connectivity index (χ4n) is 5.62. The highest BCUT2D eigenvalue weighted by Gasteiger charge is 2.38. The number of carbonyl (C=O) groups is 2. The van der Waals surface area contributed by atoms with E-state index in [1.54, 1.807) is 4.90 Å². The fraction of sp³-hybridized carbons (Fsp3) is 0.548. The molecule has 0 saturated carbocycles. The fourth-order valence-corrected chi connectivity index (χ4v) is 5.62. The Kier molecular flexibility index (Phi) is 11.0. The number of hydrogen-bond donors (Lipinski definition) is 3. The minimum atomic E-state index is -1.04.